The van der Waals surface area contributed by atoms with Crippen LogP contribution in [0.2, 0.25) is 0 Å². The van der Waals surface area contributed by atoms with E-state index in [9.17, 15) is 22.8 Å². The Morgan fingerprint density at radius 3 is 1.95 bits per heavy atom. The molecule has 0 aliphatic heterocycles. The number of pyridine rings is 1. The zero-order chi connectivity index (χ0) is 33.4. The molecule has 1 amide bonds. The van der Waals surface area contributed by atoms with E-state index >= 15 is 0 Å². The molecule has 14 heteroatoms. The number of carbonyl (C=O) groups is 3. The van der Waals surface area contributed by atoms with Gasteiger partial charge in [0.25, 0.3) is 10.0 Å². The fourth-order valence-electron chi connectivity index (χ4n) is 3.86. The number of rotatable bonds is 5. The van der Waals surface area contributed by atoms with Gasteiger partial charge in [-0.05, 0) is 99.6 Å². The Bertz CT molecular complexity index is 1680. The van der Waals surface area contributed by atoms with Crippen molar-refractivity contribution >= 4 is 61.1 Å². The Kier molecular flexibility index (Phi) is 9.81. The van der Waals surface area contributed by atoms with Gasteiger partial charge in [0.1, 0.15) is 21.2 Å². The summed E-state index contributed by atoms with van der Waals surface area (Å²) in [6, 6.07) is 8.74. The summed E-state index contributed by atoms with van der Waals surface area (Å²) < 4.78 is 50.6. The fraction of sp³-hybridized carbons (Fsp3) is 0.467. The number of anilines is 1. The molecule has 0 aliphatic carbocycles. The van der Waals surface area contributed by atoms with Gasteiger partial charge in [-0.2, -0.15) is 4.31 Å². The van der Waals surface area contributed by atoms with Crippen molar-refractivity contribution in [2.24, 2.45) is 0 Å². The zero-order valence-corrected chi connectivity index (χ0v) is 28.9. The minimum atomic E-state index is -4.56. The Hall–Kier alpha value is -3.65. The molecule has 0 unspecified atom stereocenters. The molecular weight excluding hydrogens is 658 g/mol. The molecule has 0 radical (unpaired) electrons. The topological polar surface area (TPSA) is 143 Å². The molecule has 12 nitrogen and oxygen atoms in total. The quantitative estimate of drug-likeness (QED) is 0.194. The molecule has 0 spiro atoms. The predicted molar refractivity (Wildman–Crippen MR) is 168 cm³/mol. The summed E-state index contributed by atoms with van der Waals surface area (Å²) in [4.78, 5) is 43.3. The lowest BCUT2D eigenvalue weighted by Crippen LogP contribution is -2.41. The van der Waals surface area contributed by atoms with Crippen LogP contribution in [0, 0.1) is 0 Å². The van der Waals surface area contributed by atoms with Gasteiger partial charge >= 0.3 is 18.3 Å². The predicted octanol–water partition coefficient (Wildman–Crippen LogP) is 7.55. The highest BCUT2D eigenvalue weighted by Gasteiger charge is 2.37. The molecule has 2 aromatic heterocycles. The van der Waals surface area contributed by atoms with Gasteiger partial charge in [0.05, 0.1) is 17.0 Å². The van der Waals surface area contributed by atoms with E-state index in [-0.39, 0.29) is 44.1 Å². The minimum absolute atomic E-state index is 0.00401. The molecule has 3 aromatic rings. The molecule has 0 saturated heterocycles. The molecular formula is C30H38BrN3O9S. The van der Waals surface area contributed by atoms with Crippen LogP contribution in [-0.4, -0.2) is 54.1 Å². The first kappa shape index (κ1) is 34.8. The molecule has 0 N–H and O–H groups in total. The van der Waals surface area contributed by atoms with E-state index in [1.54, 1.807) is 60.6 Å². The zero-order valence-electron chi connectivity index (χ0n) is 26.5. The van der Waals surface area contributed by atoms with Crippen molar-refractivity contribution in [3.05, 3.63) is 46.4 Å². The molecule has 1 aromatic carbocycles. The molecule has 0 saturated carbocycles. The highest BCUT2D eigenvalue weighted by atomic mass is 79.9. The SMILES string of the molecule is CCOC(=O)Oc1c(Br)c2nc(N(C(=O)OC(C)(C)C)S(=O)(=O)c3ccc(C(C)(C)C)cc3)ccc2n1C(=O)OC(C)(C)C. The summed E-state index contributed by atoms with van der Waals surface area (Å²) in [5, 5.41) is 0. The van der Waals surface area contributed by atoms with Gasteiger partial charge in [-0.25, -0.2) is 32.4 Å². The van der Waals surface area contributed by atoms with Crippen LogP contribution in [0.25, 0.3) is 11.0 Å². The summed E-state index contributed by atoms with van der Waals surface area (Å²) in [6.45, 7) is 17.3. The van der Waals surface area contributed by atoms with Crippen molar-refractivity contribution in [3.8, 4) is 5.88 Å². The van der Waals surface area contributed by atoms with E-state index in [1.807, 2.05) is 20.8 Å². The second-order valence-electron chi connectivity index (χ2n) is 12.8. The second-order valence-corrected chi connectivity index (χ2v) is 15.4. The summed E-state index contributed by atoms with van der Waals surface area (Å²) in [5.74, 6) is -0.654. The minimum Gasteiger partial charge on any atom is -0.443 e. The normalized spacial score (nSPS) is 12.5. The van der Waals surface area contributed by atoms with Crippen LogP contribution in [0.3, 0.4) is 0 Å². The average Bonchev–Trinajstić information content (AvgIpc) is 3.12. The third kappa shape index (κ3) is 7.89. The average molecular weight is 697 g/mol. The van der Waals surface area contributed by atoms with Gasteiger partial charge in [0, 0.05) is 0 Å². The van der Waals surface area contributed by atoms with Gasteiger partial charge < -0.3 is 18.9 Å². The Balaban J connectivity index is 2.27. The first-order valence-electron chi connectivity index (χ1n) is 13.7. The highest BCUT2D eigenvalue weighted by Crippen LogP contribution is 2.39. The van der Waals surface area contributed by atoms with E-state index in [4.69, 9.17) is 18.9 Å². The smallest absolute Gasteiger partial charge is 0.443 e. The number of amides is 1. The van der Waals surface area contributed by atoms with Crippen molar-refractivity contribution in [2.75, 3.05) is 10.9 Å². The largest absolute Gasteiger partial charge is 0.515 e. The van der Waals surface area contributed by atoms with Crippen LogP contribution in [0.5, 0.6) is 5.88 Å². The van der Waals surface area contributed by atoms with Gasteiger partial charge in [-0.3, -0.25) is 0 Å². The molecule has 0 atom stereocenters. The third-order valence-corrected chi connectivity index (χ3v) is 8.14. The maximum absolute atomic E-state index is 14.0. The molecule has 2 heterocycles. The summed E-state index contributed by atoms with van der Waals surface area (Å²) in [7, 11) is -4.56. The lowest BCUT2D eigenvalue weighted by molar-refractivity contribution is 0.0522. The van der Waals surface area contributed by atoms with Crippen LogP contribution in [0.15, 0.2) is 45.8 Å². The van der Waals surface area contributed by atoms with Gasteiger partial charge in [0.2, 0.25) is 5.88 Å². The molecule has 0 fully saturated rings. The molecule has 0 aliphatic rings. The van der Waals surface area contributed by atoms with E-state index in [0.717, 1.165) is 10.1 Å². The fourth-order valence-corrected chi connectivity index (χ4v) is 5.68. The number of fused-ring (bicyclic) bond motifs is 1. The molecule has 240 valence electrons. The number of aromatic nitrogens is 2. The molecule has 0 bridgehead atoms. The lowest BCUT2D eigenvalue weighted by Gasteiger charge is -2.26. The maximum atomic E-state index is 14.0. The Morgan fingerprint density at radius 1 is 0.886 bits per heavy atom. The molecule has 3 rings (SSSR count). The number of halogens is 1. The van der Waals surface area contributed by atoms with Crippen LogP contribution < -0.4 is 9.04 Å². The summed E-state index contributed by atoms with van der Waals surface area (Å²) in [5.41, 5.74) is -1.24. The van der Waals surface area contributed by atoms with Gasteiger partial charge in [-0.1, -0.05) is 32.9 Å². The molecule has 44 heavy (non-hydrogen) atoms. The lowest BCUT2D eigenvalue weighted by atomic mass is 9.87. The van der Waals surface area contributed by atoms with Gasteiger partial charge in [-0.15, -0.1) is 0 Å². The number of ether oxygens (including phenoxy) is 4. The number of nitrogens with zero attached hydrogens (tertiary/aromatic N) is 3. The van der Waals surface area contributed by atoms with Crippen molar-refractivity contribution in [3.63, 3.8) is 0 Å². The Labute approximate surface area is 265 Å². The summed E-state index contributed by atoms with van der Waals surface area (Å²) >= 11 is 3.31. The highest BCUT2D eigenvalue weighted by molar-refractivity contribution is 9.10. The van der Waals surface area contributed by atoms with Crippen LogP contribution in [-0.2, 0) is 29.6 Å². The third-order valence-electron chi connectivity index (χ3n) is 5.74. The number of hydrogen-bond acceptors (Lipinski definition) is 10. The van der Waals surface area contributed by atoms with E-state index in [1.165, 1.54) is 24.3 Å². The first-order chi connectivity index (χ1) is 20.1. The number of sulfonamides is 1. The van der Waals surface area contributed by atoms with Gasteiger partial charge in [0.15, 0.2) is 5.82 Å². The van der Waals surface area contributed by atoms with Crippen molar-refractivity contribution in [2.45, 2.75) is 90.7 Å². The number of carbonyl (C=O) groups excluding carboxylic acids is 3. The second kappa shape index (κ2) is 12.4. The standard InChI is InChI=1S/C30H38BrN3O9S/c1-11-40-27(37)41-24-22(31)23-20(33(24)25(35)42-29(5,6)7)16-17-21(32-23)34(26(36)43-30(8,9)10)44(38,39)19-14-12-18(13-15-19)28(2,3)4/h12-17H,11H2,1-10H3. The monoisotopic (exact) mass is 695 g/mol. The summed E-state index contributed by atoms with van der Waals surface area (Å²) in [6.07, 6.45) is -3.20. The van der Waals surface area contributed by atoms with Crippen LogP contribution >= 0.6 is 15.9 Å². The maximum Gasteiger partial charge on any atom is 0.515 e. The van der Waals surface area contributed by atoms with Crippen LogP contribution in [0.4, 0.5) is 20.2 Å². The van der Waals surface area contributed by atoms with Crippen molar-refractivity contribution in [1.29, 1.82) is 0 Å². The van der Waals surface area contributed by atoms with Crippen molar-refractivity contribution in [1.82, 2.24) is 9.55 Å². The van der Waals surface area contributed by atoms with E-state index in [2.05, 4.69) is 20.9 Å². The Morgan fingerprint density at radius 2 is 1.45 bits per heavy atom. The first-order valence-corrected chi connectivity index (χ1v) is 16.0. The van der Waals surface area contributed by atoms with E-state index < -0.39 is 39.6 Å². The number of benzene rings is 1. The van der Waals surface area contributed by atoms with Crippen LogP contribution in [0.1, 0.15) is 74.8 Å². The van der Waals surface area contributed by atoms with Crippen molar-refractivity contribution < 1.29 is 41.7 Å². The number of hydrogen-bond donors (Lipinski definition) is 0. The van der Waals surface area contributed by atoms with E-state index in [0.29, 0.717) is 4.31 Å².